The van der Waals surface area contributed by atoms with Gasteiger partial charge in [-0.2, -0.15) is 0 Å². The zero-order valence-electron chi connectivity index (χ0n) is 13.1. The van der Waals surface area contributed by atoms with Crippen LogP contribution in [0.1, 0.15) is 49.9 Å². The maximum absolute atomic E-state index is 9.92. The number of rotatable bonds is 6. The summed E-state index contributed by atoms with van der Waals surface area (Å²) in [7, 11) is 0. The first-order valence-corrected chi connectivity index (χ1v) is 8.15. The molecular formula is C17H23NO2S. The van der Waals surface area contributed by atoms with Gasteiger partial charge >= 0.3 is 0 Å². The number of aliphatic hydroxyl groups is 1. The van der Waals surface area contributed by atoms with Gasteiger partial charge in [-0.1, -0.05) is 32.0 Å². The SMILES string of the molecule is CC(C)c1ccccc1OCCc1nc(C(C)(C)O)cs1. The molecule has 0 spiro atoms. The molecule has 4 heteroatoms. The summed E-state index contributed by atoms with van der Waals surface area (Å²) >= 11 is 1.57. The molecule has 1 heterocycles. The highest BCUT2D eigenvalue weighted by atomic mass is 32.1. The van der Waals surface area contributed by atoms with Gasteiger partial charge < -0.3 is 9.84 Å². The summed E-state index contributed by atoms with van der Waals surface area (Å²) in [6.07, 6.45) is 0.757. The van der Waals surface area contributed by atoms with Crippen LogP contribution >= 0.6 is 11.3 Å². The van der Waals surface area contributed by atoms with Gasteiger partial charge in [-0.15, -0.1) is 11.3 Å². The first-order chi connectivity index (χ1) is 9.88. The van der Waals surface area contributed by atoms with E-state index < -0.39 is 5.60 Å². The Bertz CT molecular complexity index is 584. The van der Waals surface area contributed by atoms with E-state index in [1.54, 1.807) is 25.2 Å². The lowest BCUT2D eigenvalue weighted by Crippen LogP contribution is -2.16. The van der Waals surface area contributed by atoms with Gasteiger partial charge in [0, 0.05) is 11.8 Å². The Labute approximate surface area is 130 Å². The van der Waals surface area contributed by atoms with Crippen molar-refractivity contribution in [3.63, 3.8) is 0 Å². The van der Waals surface area contributed by atoms with Crippen molar-refractivity contribution >= 4 is 11.3 Å². The summed E-state index contributed by atoms with van der Waals surface area (Å²) in [6.45, 7) is 8.43. The lowest BCUT2D eigenvalue weighted by atomic mass is 10.0. The van der Waals surface area contributed by atoms with Crippen molar-refractivity contribution in [1.82, 2.24) is 4.98 Å². The average Bonchev–Trinajstić information content (AvgIpc) is 2.88. The molecule has 0 atom stereocenters. The molecule has 114 valence electrons. The standard InChI is InChI=1S/C17H23NO2S/c1-12(2)13-7-5-6-8-14(13)20-10-9-16-18-15(11-21-16)17(3,4)19/h5-8,11-12,19H,9-10H2,1-4H3. The molecule has 0 aliphatic heterocycles. The molecule has 0 saturated heterocycles. The van der Waals surface area contributed by atoms with Crippen LogP contribution in [0, 0.1) is 0 Å². The fourth-order valence-electron chi connectivity index (χ4n) is 2.04. The molecular weight excluding hydrogens is 282 g/mol. The van der Waals surface area contributed by atoms with Gasteiger partial charge in [0.2, 0.25) is 0 Å². The van der Waals surface area contributed by atoms with Crippen LogP contribution in [0.2, 0.25) is 0 Å². The van der Waals surface area contributed by atoms with Crippen molar-refractivity contribution < 1.29 is 9.84 Å². The van der Waals surface area contributed by atoms with Crippen molar-refractivity contribution in [1.29, 1.82) is 0 Å². The van der Waals surface area contributed by atoms with Crippen molar-refractivity contribution in [3.8, 4) is 5.75 Å². The summed E-state index contributed by atoms with van der Waals surface area (Å²) in [6, 6.07) is 8.16. The topological polar surface area (TPSA) is 42.4 Å². The maximum atomic E-state index is 9.92. The summed E-state index contributed by atoms with van der Waals surface area (Å²) in [5.74, 6) is 1.40. The molecule has 3 nitrogen and oxygen atoms in total. The molecule has 0 aliphatic rings. The molecule has 2 rings (SSSR count). The van der Waals surface area contributed by atoms with Gasteiger partial charge in [0.1, 0.15) is 11.4 Å². The molecule has 0 fully saturated rings. The highest BCUT2D eigenvalue weighted by molar-refractivity contribution is 7.09. The average molecular weight is 305 g/mol. The van der Waals surface area contributed by atoms with E-state index in [0.717, 1.165) is 22.9 Å². The van der Waals surface area contributed by atoms with E-state index in [9.17, 15) is 5.11 Å². The zero-order chi connectivity index (χ0) is 15.5. The van der Waals surface area contributed by atoms with Gasteiger partial charge in [0.25, 0.3) is 0 Å². The minimum absolute atomic E-state index is 0.447. The second-order valence-electron chi connectivity index (χ2n) is 5.98. The van der Waals surface area contributed by atoms with Crippen LogP contribution in [0.3, 0.4) is 0 Å². The third kappa shape index (κ3) is 4.29. The molecule has 0 aliphatic carbocycles. The number of aromatic nitrogens is 1. The van der Waals surface area contributed by atoms with Crippen LogP contribution in [0.5, 0.6) is 5.75 Å². The van der Waals surface area contributed by atoms with Gasteiger partial charge in [0.15, 0.2) is 0 Å². The number of nitrogens with zero attached hydrogens (tertiary/aromatic N) is 1. The van der Waals surface area contributed by atoms with Crippen molar-refractivity contribution in [2.24, 2.45) is 0 Å². The number of ether oxygens (including phenoxy) is 1. The second-order valence-corrected chi connectivity index (χ2v) is 6.92. The molecule has 0 saturated carbocycles. The van der Waals surface area contributed by atoms with E-state index in [1.807, 2.05) is 23.6 Å². The summed E-state index contributed by atoms with van der Waals surface area (Å²) < 4.78 is 5.90. The molecule has 0 bridgehead atoms. The Kier molecular flexibility index (Phi) is 5.01. The van der Waals surface area contributed by atoms with E-state index in [4.69, 9.17) is 4.74 Å². The fourth-order valence-corrected chi connectivity index (χ4v) is 2.98. The van der Waals surface area contributed by atoms with E-state index in [0.29, 0.717) is 12.5 Å². The first kappa shape index (κ1) is 16.0. The Balaban J connectivity index is 1.95. The van der Waals surface area contributed by atoms with Crippen molar-refractivity contribution in [2.75, 3.05) is 6.61 Å². The normalized spacial score (nSPS) is 11.9. The summed E-state index contributed by atoms with van der Waals surface area (Å²) in [4.78, 5) is 4.46. The Morgan fingerprint density at radius 1 is 1.29 bits per heavy atom. The predicted molar refractivity (Wildman–Crippen MR) is 87.1 cm³/mol. The fraction of sp³-hybridized carbons (Fsp3) is 0.471. The monoisotopic (exact) mass is 305 g/mol. The first-order valence-electron chi connectivity index (χ1n) is 7.27. The van der Waals surface area contributed by atoms with E-state index in [1.165, 1.54) is 5.56 Å². The molecule has 1 aromatic heterocycles. The zero-order valence-corrected chi connectivity index (χ0v) is 13.9. The number of hydrogen-bond donors (Lipinski definition) is 1. The number of benzene rings is 1. The van der Waals surface area contributed by atoms with Gasteiger partial charge in [-0.3, -0.25) is 0 Å². The summed E-state index contributed by atoms with van der Waals surface area (Å²) in [5.41, 5.74) is 1.08. The minimum atomic E-state index is -0.875. The molecule has 1 aromatic carbocycles. The van der Waals surface area contributed by atoms with Crippen LogP contribution in [0.4, 0.5) is 0 Å². The lowest BCUT2D eigenvalue weighted by molar-refractivity contribution is 0.0743. The van der Waals surface area contributed by atoms with E-state index in [-0.39, 0.29) is 0 Å². The van der Waals surface area contributed by atoms with Crippen LogP contribution in [0.15, 0.2) is 29.6 Å². The number of thiazole rings is 1. The Morgan fingerprint density at radius 3 is 2.62 bits per heavy atom. The molecule has 1 N–H and O–H groups in total. The quantitative estimate of drug-likeness (QED) is 0.873. The minimum Gasteiger partial charge on any atom is -0.493 e. The molecule has 0 amide bonds. The number of para-hydroxylation sites is 1. The van der Waals surface area contributed by atoms with Gasteiger partial charge in [0.05, 0.1) is 17.3 Å². The van der Waals surface area contributed by atoms with E-state index in [2.05, 4.69) is 24.9 Å². The predicted octanol–water partition coefficient (Wildman–Crippen LogP) is 4.12. The lowest BCUT2D eigenvalue weighted by Gasteiger charge is -2.14. The van der Waals surface area contributed by atoms with Crippen molar-refractivity contribution in [2.45, 2.75) is 45.6 Å². The molecule has 2 aromatic rings. The third-order valence-electron chi connectivity index (χ3n) is 3.29. The second kappa shape index (κ2) is 6.58. The number of hydrogen-bond acceptors (Lipinski definition) is 4. The third-order valence-corrected chi connectivity index (χ3v) is 4.20. The van der Waals surface area contributed by atoms with Crippen molar-refractivity contribution in [3.05, 3.63) is 45.9 Å². The molecule has 0 unspecified atom stereocenters. The van der Waals surface area contributed by atoms with Gasteiger partial charge in [-0.05, 0) is 31.4 Å². The maximum Gasteiger partial charge on any atom is 0.122 e. The molecule has 21 heavy (non-hydrogen) atoms. The van der Waals surface area contributed by atoms with Crippen LogP contribution < -0.4 is 4.74 Å². The van der Waals surface area contributed by atoms with E-state index >= 15 is 0 Å². The molecule has 0 radical (unpaired) electrons. The highest BCUT2D eigenvalue weighted by Gasteiger charge is 2.19. The Morgan fingerprint density at radius 2 is 2.00 bits per heavy atom. The van der Waals surface area contributed by atoms with Crippen LogP contribution in [-0.4, -0.2) is 16.7 Å². The van der Waals surface area contributed by atoms with Gasteiger partial charge in [-0.25, -0.2) is 4.98 Å². The largest absolute Gasteiger partial charge is 0.493 e. The highest BCUT2D eigenvalue weighted by Crippen LogP contribution is 2.26. The Hall–Kier alpha value is -1.39. The smallest absolute Gasteiger partial charge is 0.122 e. The van der Waals surface area contributed by atoms with Crippen LogP contribution in [0.25, 0.3) is 0 Å². The van der Waals surface area contributed by atoms with Crippen LogP contribution in [-0.2, 0) is 12.0 Å². The summed E-state index contributed by atoms with van der Waals surface area (Å²) in [5, 5.41) is 12.8.